The first kappa shape index (κ1) is 12.0. The van der Waals surface area contributed by atoms with Crippen molar-refractivity contribution in [1.82, 2.24) is 10.2 Å². The Morgan fingerprint density at radius 1 is 1.50 bits per heavy atom. The van der Waals surface area contributed by atoms with Gasteiger partial charge in [0.05, 0.1) is 0 Å². The lowest BCUT2D eigenvalue weighted by Crippen LogP contribution is -2.57. The molecule has 2 atom stereocenters. The van der Waals surface area contributed by atoms with Gasteiger partial charge in [0, 0.05) is 24.2 Å². The summed E-state index contributed by atoms with van der Waals surface area (Å²) in [6, 6.07) is 1.40. The first-order valence-corrected chi connectivity index (χ1v) is 5.95. The number of likely N-dealkylation sites (tertiary alicyclic amines) is 1. The van der Waals surface area contributed by atoms with E-state index in [0.29, 0.717) is 17.6 Å². The molecule has 0 saturated carbocycles. The van der Waals surface area contributed by atoms with Crippen molar-refractivity contribution >= 4 is 0 Å². The largest absolute Gasteiger partial charge is 0.316 e. The molecule has 2 unspecified atom stereocenters. The van der Waals surface area contributed by atoms with Crippen LogP contribution in [-0.2, 0) is 0 Å². The summed E-state index contributed by atoms with van der Waals surface area (Å²) in [5.74, 6) is 0. The fraction of sp³-hybridized carbons (Fsp3) is 1.00. The summed E-state index contributed by atoms with van der Waals surface area (Å²) >= 11 is 0. The van der Waals surface area contributed by atoms with Crippen molar-refractivity contribution in [3.05, 3.63) is 0 Å². The molecule has 1 fully saturated rings. The summed E-state index contributed by atoms with van der Waals surface area (Å²) in [5, 5.41) is 3.41. The summed E-state index contributed by atoms with van der Waals surface area (Å²) in [6.07, 6.45) is 3.87. The van der Waals surface area contributed by atoms with Gasteiger partial charge in [-0.15, -0.1) is 0 Å². The van der Waals surface area contributed by atoms with Crippen molar-refractivity contribution in [1.29, 1.82) is 0 Å². The molecule has 0 bridgehead atoms. The van der Waals surface area contributed by atoms with Crippen LogP contribution in [0.3, 0.4) is 0 Å². The van der Waals surface area contributed by atoms with Crippen molar-refractivity contribution < 1.29 is 0 Å². The Balaban J connectivity index is 2.66. The molecule has 1 aliphatic heterocycles. The molecule has 2 heteroatoms. The van der Waals surface area contributed by atoms with Crippen LogP contribution in [-0.4, -0.2) is 36.1 Å². The van der Waals surface area contributed by atoms with Crippen LogP contribution in [0.1, 0.15) is 47.0 Å². The molecule has 0 aliphatic carbocycles. The lowest BCUT2D eigenvalue weighted by atomic mass is 9.86. The Labute approximate surface area is 89.1 Å². The van der Waals surface area contributed by atoms with E-state index in [1.54, 1.807) is 0 Å². The van der Waals surface area contributed by atoms with Crippen LogP contribution in [0.15, 0.2) is 0 Å². The fourth-order valence-corrected chi connectivity index (χ4v) is 2.48. The van der Waals surface area contributed by atoms with E-state index < -0.39 is 0 Å². The molecule has 1 rings (SSSR count). The van der Waals surface area contributed by atoms with Crippen molar-refractivity contribution in [3.8, 4) is 0 Å². The topological polar surface area (TPSA) is 15.3 Å². The highest BCUT2D eigenvalue weighted by Crippen LogP contribution is 2.29. The van der Waals surface area contributed by atoms with Gasteiger partial charge in [0.15, 0.2) is 0 Å². The second-order valence-electron chi connectivity index (χ2n) is 5.25. The van der Waals surface area contributed by atoms with Gasteiger partial charge in [-0.1, -0.05) is 6.92 Å². The lowest BCUT2D eigenvalue weighted by molar-refractivity contribution is 0.0239. The van der Waals surface area contributed by atoms with Crippen molar-refractivity contribution in [2.45, 2.75) is 64.6 Å². The number of likely N-dealkylation sites (N-methyl/N-ethyl adjacent to an activating group) is 1. The fourth-order valence-electron chi connectivity index (χ4n) is 2.48. The van der Waals surface area contributed by atoms with Gasteiger partial charge < -0.3 is 5.32 Å². The van der Waals surface area contributed by atoms with E-state index in [9.17, 15) is 0 Å². The SMILES string of the molecule is CCC(C)N1CC(NC)CCC1(C)C. The van der Waals surface area contributed by atoms with Gasteiger partial charge >= 0.3 is 0 Å². The molecule has 0 radical (unpaired) electrons. The van der Waals surface area contributed by atoms with Crippen LogP contribution in [0.2, 0.25) is 0 Å². The summed E-state index contributed by atoms with van der Waals surface area (Å²) < 4.78 is 0. The molecular formula is C12H26N2. The average molecular weight is 198 g/mol. The maximum absolute atomic E-state index is 3.41. The summed E-state index contributed by atoms with van der Waals surface area (Å²) in [4.78, 5) is 2.66. The van der Waals surface area contributed by atoms with E-state index in [-0.39, 0.29) is 0 Å². The minimum atomic E-state index is 0.392. The Bertz CT molecular complexity index is 177. The maximum Gasteiger partial charge on any atom is 0.0193 e. The highest BCUT2D eigenvalue weighted by molar-refractivity contribution is 4.93. The van der Waals surface area contributed by atoms with Crippen molar-refractivity contribution in [3.63, 3.8) is 0 Å². The zero-order valence-electron chi connectivity index (χ0n) is 10.4. The standard InChI is InChI=1S/C12H26N2/c1-6-10(2)14-9-11(13-5)7-8-12(14,3)4/h10-11,13H,6-9H2,1-5H3. The van der Waals surface area contributed by atoms with Gasteiger partial charge in [0.2, 0.25) is 0 Å². The molecule has 0 aromatic rings. The molecule has 0 aromatic carbocycles. The molecule has 0 amide bonds. The van der Waals surface area contributed by atoms with Gasteiger partial charge in [-0.2, -0.15) is 0 Å². The minimum Gasteiger partial charge on any atom is -0.316 e. The molecule has 1 heterocycles. The van der Waals surface area contributed by atoms with Gasteiger partial charge in [0.25, 0.3) is 0 Å². The zero-order chi connectivity index (χ0) is 10.8. The third-order valence-corrected chi connectivity index (χ3v) is 3.83. The summed E-state index contributed by atoms with van der Waals surface area (Å²) in [6.45, 7) is 10.6. The number of piperidine rings is 1. The van der Waals surface area contributed by atoms with E-state index in [2.05, 4.69) is 45.0 Å². The number of rotatable bonds is 3. The van der Waals surface area contributed by atoms with Crippen LogP contribution in [0, 0.1) is 0 Å². The van der Waals surface area contributed by atoms with Crippen LogP contribution in [0.25, 0.3) is 0 Å². The Kier molecular flexibility index (Phi) is 3.96. The predicted molar refractivity (Wildman–Crippen MR) is 62.6 cm³/mol. The minimum absolute atomic E-state index is 0.392. The Morgan fingerprint density at radius 3 is 2.64 bits per heavy atom. The quantitative estimate of drug-likeness (QED) is 0.748. The average Bonchev–Trinajstić information content (AvgIpc) is 2.16. The van der Waals surface area contributed by atoms with E-state index in [0.717, 1.165) is 0 Å². The molecular weight excluding hydrogens is 172 g/mol. The second kappa shape index (κ2) is 4.63. The maximum atomic E-state index is 3.41. The summed E-state index contributed by atoms with van der Waals surface area (Å²) in [7, 11) is 2.08. The number of nitrogens with one attached hydrogen (secondary N) is 1. The van der Waals surface area contributed by atoms with Crippen molar-refractivity contribution in [2.24, 2.45) is 0 Å². The first-order chi connectivity index (χ1) is 6.51. The first-order valence-electron chi connectivity index (χ1n) is 5.95. The molecule has 0 aromatic heterocycles. The molecule has 0 spiro atoms. The van der Waals surface area contributed by atoms with Crippen LogP contribution < -0.4 is 5.32 Å². The third kappa shape index (κ3) is 2.48. The van der Waals surface area contributed by atoms with Crippen molar-refractivity contribution in [2.75, 3.05) is 13.6 Å². The molecule has 2 nitrogen and oxygen atoms in total. The molecule has 1 N–H and O–H groups in total. The van der Waals surface area contributed by atoms with E-state index in [1.165, 1.54) is 25.8 Å². The van der Waals surface area contributed by atoms with Crippen LogP contribution in [0.4, 0.5) is 0 Å². The van der Waals surface area contributed by atoms with Crippen LogP contribution in [0.5, 0.6) is 0 Å². The Hall–Kier alpha value is -0.0800. The highest BCUT2D eigenvalue weighted by Gasteiger charge is 2.35. The number of hydrogen-bond acceptors (Lipinski definition) is 2. The monoisotopic (exact) mass is 198 g/mol. The second-order valence-corrected chi connectivity index (χ2v) is 5.25. The summed E-state index contributed by atoms with van der Waals surface area (Å²) in [5.41, 5.74) is 0.392. The van der Waals surface area contributed by atoms with Gasteiger partial charge in [-0.05, 0) is 47.1 Å². The molecule has 1 aliphatic rings. The van der Waals surface area contributed by atoms with Gasteiger partial charge in [0.1, 0.15) is 0 Å². The van der Waals surface area contributed by atoms with Crippen LogP contribution >= 0.6 is 0 Å². The third-order valence-electron chi connectivity index (χ3n) is 3.83. The zero-order valence-corrected chi connectivity index (χ0v) is 10.4. The normalized spacial score (nSPS) is 30.2. The van der Waals surface area contributed by atoms with Gasteiger partial charge in [-0.25, -0.2) is 0 Å². The van der Waals surface area contributed by atoms with E-state index in [4.69, 9.17) is 0 Å². The Morgan fingerprint density at radius 2 is 2.14 bits per heavy atom. The van der Waals surface area contributed by atoms with E-state index >= 15 is 0 Å². The lowest BCUT2D eigenvalue weighted by Gasteiger charge is -2.48. The molecule has 14 heavy (non-hydrogen) atoms. The molecule has 1 saturated heterocycles. The number of hydrogen-bond donors (Lipinski definition) is 1. The smallest absolute Gasteiger partial charge is 0.0193 e. The predicted octanol–water partition coefficient (Wildman–Crippen LogP) is 2.25. The molecule has 84 valence electrons. The van der Waals surface area contributed by atoms with E-state index in [1.807, 2.05) is 0 Å². The highest BCUT2D eigenvalue weighted by atomic mass is 15.2. The number of nitrogens with zero attached hydrogens (tertiary/aromatic N) is 1. The van der Waals surface area contributed by atoms with Gasteiger partial charge in [-0.3, -0.25) is 4.90 Å².